The van der Waals surface area contributed by atoms with Crippen LogP contribution in [0.15, 0.2) is 24.3 Å². The molecule has 0 bridgehead atoms. The van der Waals surface area contributed by atoms with Crippen molar-refractivity contribution in [1.82, 2.24) is 0 Å². The van der Waals surface area contributed by atoms with Crippen LogP contribution < -0.4 is 10.6 Å². The van der Waals surface area contributed by atoms with Crippen molar-refractivity contribution >= 4 is 5.69 Å². The van der Waals surface area contributed by atoms with Gasteiger partial charge in [0.05, 0.1) is 13.2 Å². The summed E-state index contributed by atoms with van der Waals surface area (Å²) in [6.45, 7) is 5.24. The van der Waals surface area contributed by atoms with Gasteiger partial charge < -0.3 is 20.1 Å². The molecule has 0 aliphatic rings. The van der Waals surface area contributed by atoms with Crippen LogP contribution in [0.4, 0.5) is 5.69 Å². The lowest BCUT2D eigenvalue weighted by atomic mass is 10.1. The van der Waals surface area contributed by atoms with E-state index in [1.807, 2.05) is 0 Å². The van der Waals surface area contributed by atoms with Crippen LogP contribution >= 0.6 is 0 Å². The first-order valence-electron chi connectivity index (χ1n) is 6.81. The molecule has 0 saturated carbocycles. The summed E-state index contributed by atoms with van der Waals surface area (Å²) in [7, 11) is 3.44. The Morgan fingerprint density at radius 3 is 2.00 bits per heavy atom. The van der Waals surface area contributed by atoms with E-state index in [1.54, 1.807) is 14.2 Å². The van der Waals surface area contributed by atoms with Gasteiger partial charge in [0.25, 0.3) is 0 Å². The number of ether oxygens (including phenoxy) is 2. The second-order valence-corrected chi connectivity index (χ2v) is 4.58. The van der Waals surface area contributed by atoms with E-state index < -0.39 is 0 Å². The number of nitrogens with two attached hydrogens (primary N) is 1. The number of rotatable bonds is 9. The molecule has 4 nitrogen and oxygen atoms in total. The molecule has 0 fully saturated rings. The summed E-state index contributed by atoms with van der Waals surface area (Å²) in [5.41, 5.74) is 8.39. The predicted molar refractivity (Wildman–Crippen MR) is 79.6 cm³/mol. The van der Waals surface area contributed by atoms with Gasteiger partial charge in [0.15, 0.2) is 0 Å². The Labute approximate surface area is 116 Å². The van der Waals surface area contributed by atoms with Gasteiger partial charge in [-0.25, -0.2) is 0 Å². The molecule has 0 spiro atoms. The van der Waals surface area contributed by atoms with Crippen LogP contribution in [0.1, 0.15) is 24.9 Å². The number of methoxy groups -OCH3 is 2. The summed E-state index contributed by atoms with van der Waals surface area (Å²) in [4.78, 5) is 2.26. The van der Waals surface area contributed by atoms with Gasteiger partial charge in [-0.3, -0.25) is 0 Å². The number of benzene rings is 1. The normalized spacial score (nSPS) is 12.4. The zero-order valence-corrected chi connectivity index (χ0v) is 12.3. The van der Waals surface area contributed by atoms with E-state index in [-0.39, 0.29) is 6.04 Å². The topological polar surface area (TPSA) is 47.7 Å². The molecule has 0 amide bonds. The fourth-order valence-corrected chi connectivity index (χ4v) is 1.94. The second kappa shape index (κ2) is 8.91. The third kappa shape index (κ3) is 5.19. The molecule has 1 rings (SSSR count). The van der Waals surface area contributed by atoms with E-state index in [9.17, 15) is 0 Å². The minimum Gasteiger partial charge on any atom is -0.383 e. The molecule has 2 N–H and O–H groups in total. The van der Waals surface area contributed by atoms with Gasteiger partial charge in [0.2, 0.25) is 0 Å². The number of nitrogens with zero attached hydrogens (tertiary/aromatic N) is 1. The Balaban J connectivity index is 2.71. The molecule has 0 aliphatic carbocycles. The molecule has 1 aromatic carbocycles. The highest BCUT2D eigenvalue weighted by molar-refractivity contribution is 5.48. The molecule has 19 heavy (non-hydrogen) atoms. The van der Waals surface area contributed by atoms with Gasteiger partial charge in [-0.15, -0.1) is 0 Å². The first kappa shape index (κ1) is 16.0. The number of hydrogen-bond donors (Lipinski definition) is 1. The summed E-state index contributed by atoms with van der Waals surface area (Å²) in [6, 6.07) is 8.58. The van der Waals surface area contributed by atoms with E-state index in [2.05, 4.69) is 36.1 Å². The fourth-order valence-electron chi connectivity index (χ4n) is 1.94. The zero-order valence-electron chi connectivity index (χ0n) is 12.3. The van der Waals surface area contributed by atoms with Crippen LogP contribution in [0.5, 0.6) is 0 Å². The molecule has 4 heteroatoms. The van der Waals surface area contributed by atoms with E-state index in [4.69, 9.17) is 15.2 Å². The molecule has 0 radical (unpaired) electrons. The summed E-state index contributed by atoms with van der Waals surface area (Å²) < 4.78 is 10.3. The van der Waals surface area contributed by atoms with Crippen molar-refractivity contribution in [2.75, 3.05) is 45.4 Å². The summed E-state index contributed by atoms with van der Waals surface area (Å²) >= 11 is 0. The average Bonchev–Trinajstić information content (AvgIpc) is 2.47. The largest absolute Gasteiger partial charge is 0.383 e. The van der Waals surface area contributed by atoms with Crippen molar-refractivity contribution in [2.45, 2.75) is 19.4 Å². The van der Waals surface area contributed by atoms with Gasteiger partial charge in [-0.05, 0) is 24.1 Å². The minimum absolute atomic E-state index is 0.125. The van der Waals surface area contributed by atoms with Crippen LogP contribution in [-0.2, 0) is 9.47 Å². The number of anilines is 1. The average molecular weight is 266 g/mol. The Kier molecular flexibility index (Phi) is 7.48. The highest BCUT2D eigenvalue weighted by Crippen LogP contribution is 2.19. The van der Waals surface area contributed by atoms with Crippen molar-refractivity contribution in [3.63, 3.8) is 0 Å². The molecule has 0 aromatic heterocycles. The zero-order chi connectivity index (χ0) is 14.1. The summed E-state index contributed by atoms with van der Waals surface area (Å²) in [5.74, 6) is 0. The van der Waals surface area contributed by atoms with Crippen molar-refractivity contribution in [1.29, 1.82) is 0 Å². The lowest BCUT2D eigenvalue weighted by molar-refractivity contribution is 0.190. The third-order valence-electron chi connectivity index (χ3n) is 3.26. The molecule has 0 unspecified atom stereocenters. The van der Waals surface area contributed by atoms with Crippen molar-refractivity contribution in [3.05, 3.63) is 29.8 Å². The first-order valence-corrected chi connectivity index (χ1v) is 6.81. The van der Waals surface area contributed by atoms with Gasteiger partial charge >= 0.3 is 0 Å². The molecule has 1 atom stereocenters. The highest BCUT2D eigenvalue weighted by atomic mass is 16.5. The predicted octanol–water partition coefficient (Wildman–Crippen LogP) is 2.20. The second-order valence-electron chi connectivity index (χ2n) is 4.58. The Morgan fingerprint density at radius 1 is 1.05 bits per heavy atom. The van der Waals surface area contributed by atoms with E-state index >= 15 is 0 Å². The quantitative estimate of drug-likeness (QED) is 0.744. The highest BCUT2D eigenvalue weighted by Gasteiger charge is 2.08. The van der Waals surface area contributed by atoms with Gasteiger partial charge in [0.1, 0.15) is 0 Å². The number of hydrogen-bond acceptors (Lipinski definition) is 4. The lowest BCUT2D eigenvalue weighted by Crippen LogP contribution is -2.30. The SMILES string of the molecule is CC[C@@H](N)c1ccc(N(CCOC)CCOC)cc1. The fraction of sp³-hybridized carbons (Fsp3) is 0.600. The smallest absolute Gasteiger partial charge is 0.0637 e. The van der Waals surface area contributed by atoms with Gasteiger partial charge in [-0.2, -0.15) is 0 Å². The summed E-state index contributed by atoms with van der Waals surface area (Å²) in [6.07, 6.45) is 0.955. The van der Waals surface area contributed by atoms with E-state index in [0.717, 1.165) is 19.5 Å². The van der Waals surface area contributed by atoms with Crippen LogP contribution in [-0.4, -0.2) is 40.5 Å². The molecular weight excluding hydrogens is 240 g/mol. The maximum atomic E-state index is 6.03. The van der Waals surface area contributed by atoms with Crippen molar-refractivity contribution in [2.24, 2.45) is 5.73 Å². The maximum Gasteiger partial charge on any atom is 0.0637 e. The van der Waals surface area contributed by atoms with Crippen LogP contribution in [0, 0.1) is 0 Å². The molecule has 0 aliphatic heterocycles. The molecule has 108 valence electrons. The van der Waals surface area contributed by atoms with Crippen LogP contribution in [0.2, 0.25) is 0 Å². The Morgan fingerprint density at radius 2 is 1.58 bits per heavy atom. The van der Waals surface area contributed by atoms with Gasteiger partial charge in [0, 0.05) is 39.0 Å². The molecule has 0 saturated heterocycles. The molecule has 1 aromatic rings. The van der Waals surface area contributed by atoms with Crippen LogP contribution in [0.3, 0.4) is 0 Å². The van der Waals surface area contributed by atoms with E-state index in [0.29, 0.717) is 13.2 Å². The van der Waals surface area contributed by atoms with Crippen LogP contribution in [0.25, 0.3) is 0 Å². The molecular formula is C15H26N2O2. The monoisotopic (exact) mass is 266 g/mol. The Bertz CT molecular complexity index is 333. The van der Waals surface area contributed by atoms with E-state index in [1.165, 1.54) is 11.3 Å². The van der Waals surface area contributed by atoms with Crippen molar-refractivity contribution < 1.29 is 9.47 Å². The maximum absolute atomic E-state index is 6.03. The Hall–Kier alpha value is -1.10. The molecule has 0 heterocycles. The van der Waals surface area contributed by atoms with Gasteiger partial charge in [-0.1, -0.05) is 19.1 Å². The first-order chi connectivity index (χ1) is 9.22. The summed E-state index contributed by atoms with van der Waals surface area (Å²) in [5, 5.41) is 0. The minimum atomic E-state index is 0.125. The van der Waals surface area contributed by atoms with Crippen molar-refractivity contribution in [3.8, 4) is 0 Å². The third-order valence-corrected chi connectivity index (χ3v) is 3.26. The lowest BCUT2D eigenvalue weighted by Gasteiger charge is -2.24. The standard InChI is InChI=1S/C15H26N2O2/c1-4-15(16)13-5-7-14(8-6-13)17(9-11-18-2)10-12-19-3/h5-8,15H,4,9-12,16H2,1-3H3/t15-/m1/s1.